The molecule has 150 valence electrons. The van der Waals surface area contributed by atoms with Crippen LogP contribution in [-0.2, 0) is 6.42 Å². The van der Waals surface area contributed by atoms with Gasteiger partial charge in [-0.1, -0.05) is 73.5 Å². The molecule has 1 N–H and O–H groups in total. The van der Waals surface area contributed by atoms with Crippen LogP contribution in [0.25, 0.3) is 6.08 Å². The lowest BCUT2D eigenvalue weighted by molar-refractivity contribution is 0.701. The molecule has 1 aliphatic carbocycles. The molecule has 2 unspecified atom stereocenters. The molecule has 1 heterocycles. The number of hydrogen-bond donors (Lipinski definition) is 1. The number of aromatic nitrogens is 2. The molecular weight excluding hydrogens is 327 g/mol. The van der Waals surface area contributed by atoms with Crippen molar-refractivity contribution in [2.24, 2.45) is 5.92 Å². The second-order valence-corrected chi connectivity index (χ2v) is 6.16. The fourth-order valence-corrected chi connectivity index (χ4v) is 2.22. The molecule has 0 saturated heterocycles. The van der Waals surface area contributed by atoms with Crippen molar-refractivity contribution < 1.29 is 4.39 Å². The van der Waals surface area contributed by atoms with Crippen LogP contribution in [0.3, 0.4) is 0 Å². The van der Waals surface area contributed by atoms with Gasteiger partial charge in [0.15, 0.2) is 0 Å². The molecule has 26 heavy (non-hydrogen) atoms. The summed E-state index contributed by atoms with van der Waals surface area (Å²) in [5.41, 5.74) is 1.93. The first-order valence-electron chi connectivity index (χ1n) is 9.97. The molecule has 1 aliphatic rings. The number of fused-ring (bicyclic) bond motifs is 1. The van der Waals surface area contributed by atoms with Crippen molar-refractivity contribution in [1.29, 1.82) is 0 Å². The summed E-state index contributed by atoms with van der Waals surface area (Å²) < 4.78 is 10.5. The van der Waals surface area contributed by atoms with Gasteiger partial charge < -0.3 is 4.98 Å². The maximum absolute atomic E-state index is 11.9. The summed E-state index contributed by atoms with van der Waals surface area (Å²) in [6.07, 6.45) is 10.2. The summed E-state index contributed by atoms with van der Waals surface area (Å²) >= 11 is 0. The van der Waals surface area contributed by atoms with E-state index in [2.05, 4.69) is 50.7 Å². The van der Waals surface area contributed by atoms with Crippen LogP contribution in [0.2, 0.25) is 0 Å². The summed E-state index contributed by atoms with van der Waals surface area (Å²) in [7, 11) is 0. The standard InChI is InChI=1S/C14H20N2O.C3H5F.C3H8.C2H6/c1-4-9(2)5-8-12-15-11-7-6-10(3)13(11)14(17)16-12;1-2-3-4;1-3-2;1-2/h5,8-10H,4,6-7H2,1-3H3,(H,15,16,17);2-3H,1H3;3H2,1-2H3;1-2H3/b8-5+;3-2+;;. The van der Waals surface area contributed by atoms with Gasteiger partial charge in [0.2, 0.25) is 0 Å². The second kappa shape index (κ2) is 16.7. The average molecular weight is 367 g/mol. The molecule has 1 aromatic rings. The first-order valence-corrected chi connectivity index (χ1v) is 9.97. The summed E-state index contributed by atoms with van der Waals surface area (Å²) in [5.74, 6) is 1.57. The highest BCUT2D eigenvalue weighted by atomic mass is 19.1. The zero-order chi connectivity index (χ0) is 20.5. The predicted octanol–water partition coefficient (Wildman–Crippen LogP) is 6.81. The molecule has 3 nitrogen and oxygen atoms in total. The van der Waals surface area contributed by atoms with Crippen LogP contribution in [0, 0.1) is 5.92 Å². The molecule has 0 aliphatic heterocycles. The van der Waals surface area contributed by atoms with Gasteiger partial charge in [-0.2, -0.15) is 0 Å². The van der Waals surface area contributed by atoms with E-state index in [4.69, 9.17) is 0 Å². The fourth-order valence-electron chi connectivity index (χ4n) is 2.22. The topological polar surface area (TPSA) is 45.8 Å². The Balaban J connectivity index is 0. The monoisotopic (exact) mass is 366 g/mol. The van der Waals surface area contributed by atoms with Gasteiger partial charge in [-0.15, -0.1) is 0 Å². The fraction of sp³-hybridized carbons (Fsp3) is 0.636. The van der Waals surface area contributed by atoms with E-state index in [1.54, 1.807) is 6.92 Å². The van der Waals surface area contributed by atoms with Crippen molar-refractivity contribution in [2.75, 3.05) is 0 Å². The van der Waals surface area contributed by atoms with E-state index in [-0.39, 0.29) is 5.56 Å². The minimum atomic E-state index is 0.0452. The van der Waals surface area contributed by atoms with Crippen LogP contribution in [0.5, 0.6) is 0 Å². The van der Waals surface area contributed by atoms with Crippen molar-refractivity contribution >= 4 is 6.08 Å². The van der Waals surface area contributed by atoms with E-state index in [9.17, 15) is 9.18 Å². The Hall–Kier alpha value is -1.71. The predicted molar refractivity (Wildman–Crippen MR) is 113 cm³/mol. The molecule has 4 heteroatoms. The Bertz CT molecular complexity index is 572. The van der Waals surface area contributed by atoms with Crippen molar-refractivity contribution in [3.63, 3.8) is 0 Å². The van der Waals surface area contributed by atoms with Crippen molar-refractivity contribution in [3.05, 3.63) is 45.9 Å². The van der Waals surface area contributed by atoms with Gasteiger partial charge in [0.1, 0.15) is 5.82 Å². The minimum Gasteiger partial charge on any atom is -0.307 e. The Morgan fingerprint density at radius 3 is 2.31 bits per heavy atom. The van der Waals surface area contributed by atoms with E-state index in [0.29, 0.717) is 24.0 Å². The quantitative estimate of drug-likeness (QED) is 0.638. The first-order chi connectivity index (χ1) is 12.4. The summed E-state index contributed by atoms with van der Waals surface area (Å²) in [6.45, 7) is 16.3. The third-order valence-electron chi connectivity index (χ3n) is 3.71. The third-order valence-corrected chi connectivity index (χ3v) is 3.71. The van der Waals surface area contributed by atoms with E-state index in [1.165, 1.54) is 12.5 Å². The zero-order valence-electron chi connectivity index (χ0n) is 18.0. The van der Waals surface area contributed by atoms with Crippen molar-refractivity contribution in [3.8, 4) is 0 Å². The number of nitrogens with one attached hydrogen (secondary N) is 1. The number of halogens is 1. The summed E-state index contributed by atoms with van der Waals surface area (Å²) in [5, 5.41) is 0. The molecule has 0 fully saturated rings. The molecule has 0 aromatic carbocycles. The number of aromatic amines is 1. The molecule has 0 spiro atoms. The number of allylic oxidation sites excluding steroid dienone is 2. The Morgan fingerprint density at radius 1 is 1.31 bits per heavy atom. The van der Waals surface area contributed by atoms with Crippen LogP contribution in [0.1, 0.15) is 97.7 Å². The normalized spacial score (nSPS) is 16.0. The SMILES string of the molecule is C/C=C/F.CC.CCC.CCC(C)/C=C/c1nc2c(c(=O)[nH]1)C(C)CC2. The van der Waals surface area contributed by atoms with Crippen molar-refractivity contribution in [1.82, 2.24) is 9.97 Å². The highest BCUT2D eigenvalue weighted by molar-refractivity contribution is 5.42. The lowest BCUT2D eigenvalue weighted by atomic mass is 10.1. The van der Waals surface area contributed by atoms with Gasteiger partial charge in [0, 0.05) is 5.56 Å². The number of nitrogens with zero attached hydrogens (tertiary/aromatic N) is 1. The molecule has 2 rings (SSSR count). The van der Waals surface area contributed by atoms with Crippen LogP contribution in [-0.4, -0.2) is 9.97 Å². The van der Waals surface area contributed by atoms with Gasteiger partial charge >= 0.3 is 0 Å². The Labute approximate surface area is 159 Å². The van der Waals surface area contributed by atoms with Gasteiger partial charge in [0.05, 0.1) is 12.0 Å². The van der Waals surface area contributed by atoms with E-state index >= 15 is 0 Å². The zero-order valence-corrected chi connectivity index (χ0v) is 18.0. The average Bonchev–Trinajstić information content (AvgIpc) is 3.03. The third kappa shape index (κ3) is 10.3. The lowest BCUT2D eigenvalue weighted by Crippen LogP contribution is -2.16. The van der Waals surface area contributed by atoms with Gasteiger partial charge in [-0.05, 0) is 37.7 Å². The van der Waals surface area contributed by atoms with Crippen LogP contribution < -0.4 is 5.56 Å². The number of hydrogen-bond acceptors (Lipinski definition) is 2. The van der Waals surface area contributed by atoms with E-state index in [1.807, 2.05) is 19.9 Å². The van der Waals surface area contributed by atoms with E-state index in [0.717, 1.165) is 30.5 Å². The highest BCUT2D eigenvalue weighted by Crippen LogP contribution is 2.28. The van der Waals surface area contributed by atoms with Gasteiger partial charge in [-0.25, -0.2) is 9.37 Å². The summed E-state index contributed by atoms with van der Waals surface area (Å²) in [4.78, 5) is 19.3. The number of H-pyrrole nitrogens is 1. The molecule has 0 saturated carbocycles. The number of aryl methyl sites for hydroxylation is 1. The Kier molecular flexibility index (Phi) is 17.1. The summed E-state index contributed by atoms with van der Waals surface area (Å²) in [6, 6.07) is 0. The molecule has 1 aromatic heterocycles. The largest absolute Gasteiger partial charge is 0.307 e. The van der Waals surface area contributed by atoms with E-state index < -0.39 is 0 Å². The highest BCUT2D eigenvalue weighted by Gasteiger charge is 2.23. The minimum absolute atomic E-state index is 0.0452. The van der Waals surface area contributed by atoms with Crippen LogP contribution in [0.4, 0.5) is 4.39 Å². The maximum Gasteiger partial charge on any atom is 0.254 e. The number of rotatable bonds is 3. The lowest BCUT2D eigenvalue weighted by Gasteiger charge is -2.04. The Morgan fingerprint density at radius 2 is 1.85 bits per heavy atom. The second-order valence-electron chi connectivity index (χ2n) is 6.16. The molecule has 0 amide bonds. The van der Waals surface area contributed by atoms with Crippen LogP contribution in [0.15, 0.2) is 23.3 Å². The molecular formula is C22H39FN2O. The van der Waals surface area contributed by atoms with Crippen molar-refractivity contribution in [2.45, 2.75) is 87.0 Å². The maximum atomic E-state index is 11.9. The molecule has 0 radical (unpaired) electrons. The van der Waals surface area contributed by atoms with Crippen LogP contribution >= 0.6 is 0 Å². The smallest absolute Gasteiger partial charge is 0.254 e. The van der Waals surface area contributed by atoms with Gasteiger partial charge in [-0.3, -0.25) is 4.79 Å². The molecule has 0 bridgehead atoms. The van der Waals surface area contributed by atoms with Gasteiger partial charge in [0.25, 0.3) is 5.56 Å². The first kappa shape index (κ1) is 26.5. The molecule has 2 atom stereocenters.